The lowest BCUT2D eigenvalue weighted by Gasteiger charge is -2.21. The predicted molar refractivity (Wildman–Crippen MR) is 70.6 cm³/mol. The molecule has 1 heterocycles. The Bertz CT molecular complexity index is 463. The van der Waals surface area contributed by atoms with Gasteiger partial charge in [0.1, 0.15) is 0 Å². The van der Waals surface area contributed by atoms with Gasteiger partial charge in [-0.3, -0.25) is 0 Å². The molecular formula is C12H22N2O3S. The molecule has 0 aliphatic heterocycles. The van der Waals surface area contributed by atoms with E-state index in [2.05, 4.69) is 23.6 Å². The maximum Gasteiger partial charge on any atom is 0.242 e. The maximum atomic E-state index is 12.1. The lowest BCUT2D eigenvalue weighted by molar-refractivity contribution is 0.277. The van der Waals surface area contributed by atoms with E-state index in [1.165, 1.54) is 12.3 Å². The molecule has 1 atom stereocenters. The zero-order chi connectivity index (χ0) is 13.8. The largest absolute Gasteiger partial charge is 0.390 e. The summed E-state index contributed by atoms with van der Waals surface area (Å²) in [5.41, 5.74) is 0.491. The van der Waals surface area contributed by atoms with Crippen molar-refractivity contribution in [2.45, 2.75) is 51.2 Å². The number of aliphatic hydroxyl groups is 1. The monoisotopic (exact) mass is 274 g/mol. The fraction of sp³-hybridized carbons (Fsp3) is 0.667. The van der Waals surface area contributed by atoms with E-state index in [1.807, 2.05) is 6.92 Å². The number of aromatic nitrogens is 1. The number of rotatable bonds is 7. The van der Waals surface area contributed by atoms with E-state index >= 15 is 0 Å². The number of sulfonamides is 1. The third kappa shape index (κ3) is 3.57. The van der Waals surface area contributed by atoms with Gasteiger partial charge in [-0.15, -0.1) is 0 Å². The molecule has 1 unspecified atom stereocenters. The summed E-state index contributed by atoms with van der Waals surface area (Å²) >= 11 is 0. The first kappa shape index (κ1) is 15.2. The fourth-order valence-corrected chi connectivity index (χ4v) is 3.40. The summed E-state index contributed by atoms with van der Waals surface area (Å²) < 4.78 is 26.9. The lowest BCUT2D eigenvalue weighted by atomic mass is 9.96. The molecule has 6 heteroatoms. The van der Waals surface area contributed by atoms with Crippen LogP contribution in [0.1, 0.15) is 39.3 Å². The Morgan fingerprint density at radius 2 is 2.00 bits per heavy atom. The molecule has 0 saturated heterocycles. The Labute approximate surface area is 109 Å². The van der Waals surface area contributed by atoms with Crippen molar-refractivity contribution in [2.75, 3.05) is 0 Å². The van der Waals surface area contributed by atoms with Crippen LogP contribution in [0, 0.1) is 5.92 Å². The van der Waals surface area contributed by atoms with Gasteiger partial charge in [-0.05, 0) is 18.9 Å². The van der Waals surface area contributed by atoms with Crippen molar-refractivity contribution in [3.8, 4) is 0 Å². The number of hydrogen-bond donors (Lipinski definition) is 3. The molecule has 5 nitrogen and oxygen atoms in total. The van der Waals surface area contributed by atoms with Crippen LogP contribution >= 0.6 is 0 Å². The van der Waals surface area contributed by atoms with Crippen LogP contribution in [-0.2, 0) is 16.6 Å². The summed E-state index contributed by atoms with van der Waals surface area (Å²) in [5, 5.41) is 8.92. The van der Waals surface area contributed by atoms with Crippen LogP contribution in [0.15, 0.2) is 17.2 Å². The highest BCUT2D eigenvalue weighted by atomic mass is 32.2. The quantitative estimate of drug-likeness (QED) is 0.706. The van der Waals surface area contributed by atoms with Crippen LogP contribution in [-0.4, -0.2) is 24.6 Å². The molecule has 0 fully saturated rings. The molecule has 0 aromatic carbocycles. The molecule has 3 N–H and O–H groups in total. The summed E-state index contributed by atoms with van der Waals surface area (Å²) in [6.45, 7) is 5.80. The summed E-state index contributed by atoms with van der Waals surface area (Å²) in [4.78, 5) is 2.89. The van der Waals surface area contributed by atoms with Crippen LogP contribution < -0.4 is 4.72 Å². The Morgan fingerprint density at radius 1 is 1.39 bits per heavy atom. The smallest absolute Gasteiger partial charge is 0.242 e. The normalized spacial score (nSPS) is 14.1. The van der Waals surface area contributed by atoms with Gasteiger partial charge in [-0.25, -0.2) is 13.1 Å². The van der Waals surface area contributed by atoms with Crippen molar-refractivity contribution < 1.29 is 13.5 Å². The van der Waals surface area contributed by atoms with Crippen LogP contribution in [0.3, 0.4) is 0 Å². The molecule has 0 aliphatic rings. The molecule has 1 aromatic heterocycles. The first-order valence-corrected chi connectivity index (χ1v) is 7.73. The van der Waals surface area contributed by atoms with Gasteiger partial charge in [0.05, 0.1) is 11.5 Å². The van der Waals surface area contributed by atoms with Crippen molar-refractivity contribution in [2.24, 2.45) is 5.92 Å². The fourth-order valence-electron chi connectivity index (χ4n) is 2.07. The topological polar surface area (TPSA) is 82.2 Å². The van der Waals surface area contributed by atoms with Crippen molar-refractivity contribution in [3.63, 3.8) is 0 Å². The van der Waals surface area contributed by atoms with Crippen LogP contribution in [0.2, 0.25) is 0 Å². The molecule has 0 bridgehead atoms. The minimum atomic E-state index is -3.51. The minimum Gasteiger partial charge on any atom is -0.390 e. The van der Waals surface area contributed by atoms with Gasteiger partial charge in [0.2, 0.25) is 10.0 Å². The van der Waals surface area contributed by atoms with E-state index < -0.39 is 10.0 Å². The maximum absolute atomic E-state index is 12.1. The zero-order valence-corrected chi connectivity index (χ0v) is 11.9. The summed E-state index contributed by atoms with van der Waals surface area (Å²) in [7, 11) is -3.51. The van der Waals surface area contributed by atoms with E-state index in [4.69, 9.17) is 5.11 Å². The van der Waals surface area contributed by atoms with E-state index in [0.717, 1.165) is 12.8 Å². The van der Waals surface area contributed by atoms with Gasteiger partial charge in [0.25, 0.3) is 0 Å². The highest BCUT2D eigenvalue weighted by molar-refractivity contribution is 7.89. The molecule has 1 aromatic rings. The number of aromatic amines is 1. The second-order valence-corrected chi connectivity index (χ2v) is 6.22. The second-order valence-electron chi connectivity index (χ2n) is 4.51. The Kier molecular flexibility index (Phi) is 5.37. The van der Waals surface area contributed by atoms with Crippen molar-refractivity contribution >= 4 is 10.0 Å². The molecule has 0 radical (unpaired) electrons. The van der Waals surface area contributed by atoms with Gasteiger partial charge >= 0.3 is 0 Å². The first-order chi connectivity index (χ1) is 8.44. The van der Waals surface area contributed by atoms with E-state index in [1.54, 1.807) is 0 Å². The molecule has 0 spiro atoms. The molecule has 0 saturated carbocycles. The number of H-pyrrole nitrogens is 1. The molecule has 104 valence electrons. The molecular weight excluding hydrogens is 252 g/mol. The Morgan fingerprint density at radius 3 is 2.44 bits per heavy atom. The Hall–Kier alpha value is -0.850. The third-order valence-corrected chi connectivity index (χ3v) is 4.83. The molecule has 18 heavy (non-hydrogen) atoms. The average molecular weight is 274 g/mol. The first-order valence-electron chi connectivity index (χ1n) is 6.25. The van der Waals surface area contributed by atoms with Crippen LogP contribution in [0.25, 0.3) is 0 Å². The molecule has 0 aliphatic carbocycles. The third-order valence-electron chi connectivity index (χ3n) is 3.29. The van der Waals surface area contributed by atoms with Crippen molar-refractivity contribution in [1.29, 1.82) is 0 Å². The van der Waals surface area contributed by atoms with E-state index in [9.17, 15) is 8.42 Å². The SMILES string of the molecule is CCC(CC)C(C)NS(=O)(=O)c1c[nH]c(CO)c1. The van der Waals surface area contributed by atoms with Crippen LogP contribution in [0.5, 0.6) is 0 Å². The van der Waals surface area contributed by atoms with Crippen molar-refractivity contribution in [1.82, 2.24) is 9.71 Å². The molecule has 0 amide bonds. The summed E-state index contributed by atoms with van der Waals surface area (Å²) in [5.74, 6) is 0.330. The van der Waals surface area contributed by atoms with E-state index in [0.29, 0.717) is 11.6 Å². The van der Waals surface area contributed by atoms with Gasteiger partial charge in [-0.2, -0.15) is 0 Å². The Balaban J connectivity index is 2.81. The van der Waals surface area contributed by atoms with Gasteiger partial charge in [0, 0.05) is 17.9 Å². The summed E-state index contributed by atoms with van der Waals surface area (Å²) in [6.07, 6.45) is 3.28. The number of nitrogens with one attached hydrogen (secondary N) is 2. The second kappa shape index (κ2) is 6.36. The van der Waals surface area contributed by atoms with Gasteiger partial charge in [-0.1, -0.05) is 26.7 Å². The summed E-state index contributed by atoms with van der Waals surface area (Å²) in [6, 6.07) is 1.35. The average Bonchev–Trinajstić information content (AvgIpc) is 2.79. The highest BCUT2D eigenvalue weighted by Gasteiger charge is 2.22. The van der Waals surface area contributed by atoms with E-state index in [-0.39, 0.29) is 17.5 Å². The molecule has 1 rings (SSSR count). The number of hydrogen-bond acceptors (Lipinski definition) is 3. The lowest BCUT2D eigenvalue weighted by Crippen LogP contribution is -2.37. The van der Waals surface area contributed by atoms with Crippen LogP contribution in [0.4, 0.5) is 0 Å². The zero-order valence-electron chi connectivity index (χ0n) is 11.1. The van der Waals surface area contributed by atoms with Gasteiger partial charge in [0.15, 0.2) is 0 Å². The highest BCUT2D eigenvalue weighted by Crippen LogP contribution is 2.17. The van der Waals surface area contributed by atoms with Gasteiger partial charge < -0.3 is 10.1 Å². The number of aliphatic hydroxyl groups excluding tert-OH is 1. The minimum absolute atomic E-state index is 0.0996. The van der Waals surface area contributed by atoms with Crippen molar-refractivity contribution in [3.05, 3.63) is 18.0 Å². The standard InChI is InChI=1S/C12H22N2O3S/c1-4-10(5-2)9(3)14-18(16,17)12-6-11(8-15)13-7-12/h6-7,9-10,13-15H,4-5,8H2,1-3H3. The predicted octanol–water partition coefficient (Wildman–Crippen LogP) is 1.61.